The topological polar surface area (TPSA) is 17.1 Å². The standard InChI is InChI=1S/C14H16O/c1-3-4-5-6-11-14(15)13-10-8-7-9-12(13)2/h7-10H,3-5H2,1-2H3. The van der Waals surface area contributed by atoms with E-state index >= 15 is 0 Å². The molecule has 1 aromatic carbocycles. The molecule has 1 aromatic rings. The van der Waals surface area contributed by atoms with Gasteiger partial charge >= 0.3 is 0 Å². The number of unbranched alkanes of at least 4 members (excludes halogenated alkanes) is 2. The van der Waals surface area contributed by atoms with Gasteiger partial charge in [0.2, 0.25) is 5.78 Å². The van der Waals surface area contributed by atoms with Gasteiger partial charge in [-0.15, -0.1) is 0 Å². The Morgan fingerprint density at radius 2 is 2.07 bits per heavy atom. The molecule has 1 heteroatoms. The summed E-state index contributed by atoms with van der Waals surface area (Å²) in [6, 6.07) is 7.55. The molecule has 0 aliphatic rings. The average Bonchev–Trinajstić information content (AvgIpc) is 2.25. The van der Waals surface area contributed by atoms with Crippen LogP contribution in [0.2, 0.25) is 0 Å². The zero-order valence-electron chi connectivity index (χ0n) is 9.34. The summed E-state index contributed by atoms with van der Waals surface area (Å²) < 4.78 is 0. The second-order valence-corrected chi connectivity index (χ2v) is 3.55. The van der Waals surface area contributed by atoms with E-state index in [2.05, 4.69) is 18.8 Å². The highest BCUT2D eigenvalue weighted by Gasteiger charge is 2.03. The Kier molecular flexibility index (Phi) is 4.63. The smallest absolute Gasteiger partial charge is 0.236 e. The molecule has 78 valence electrons. The molecule has 0 fully saturated rings. The molecule has 0 aliphatic carbocycles. The van der Waals surface area contributed by atoms with Crippen molar-refractivity contribution in [2.45, 2.75) is 33.1 Å². The highest BCUT2D eigenvalue weighted by atomic mass is 16.1. The first kappa shape index (κ1) is 11.5. The summed E-state index contributed by atoms with van der Waals surface area (Å²) in [5.74, 6) is 5.53. The summed E-state index contributed by atoms with van der Waals surface area (Å²) in [6.45, 7) is 4.05. The number of carbonyl (C=O) groups is 1. The van der Waals surface area contributed by atoms with Crippen LogP contribution in [0, 0.1) is 18.8 Å². The zero-order chi connectivity index (χ0) is 11.1. The molecule has 1 nitrogen and oxygen atoms in total. The monoisotopic (exact) mass is 200 g/mol. The molecule has 0 amide bonds. The van der Waals surface area contributed by atoms with Crippen molar-refractivity contribution in [2.75, 3.05) is 0 Å². The third kappa shape index (κ3) is 3.59. The summed E-state index contributed by atoms with van der Waals surface area (Å²) in [5, 5.41) is 0. The van der Waals surface area contributed by atoms with Crippen molar-refractivity contribution in [1.82, 2.24) is 0 Å². The Labute approximate surface area is 91.5 Å². The van der Waals surface area contributed by atoms with Crippen LogP contribution in [0.3, 0.4) is 0 Å². The van der Waals surface area contributed by atoms with Crippen LogP contribution in [0.15, 0.2) is 24.3 Å². The maximum atomic E-state index is 11.7. The molecule has 15 heavy (non-hydrogen) atoms. The van der Waals surface area contributed by atoms with Crippen LogP contribution in [0.25, 0.3) is 0 Å². The predicted molar refractivity (Wildman–Crippen MR) is 62.8 cm³/mol. The number of Topliss-reactive ketones (excluding diaryl/α,β-unsaturated/α-hetero) is 1. The average molecular weight is 200 g/mol. The summed E-state index contributed by atoms with van der Waals surface area (Å²) in [4.78, 5) is 11.7. The summed E-state index contributed by atoms with van der Waals surface area (Å²) >= 11 is 0. The number of rotatable bonds is 3. The first-order chi connectivity index (χ1) is 7.25. The minimum Gasteiger partial charge on any atom is -0.279 e. The Hall–Kier alpha value is -1.55. The SMILES string of the molecule is CCCCC#CC(=O)c1ccccc1C. The molecular formula is C14H16O. The highest BCUT2D eigenvalue weighted by molar-refractivity contribution is 6.09. The van der Waals surface area contributed by atoms with Crippen molar-refractivity contribution < 1.29 is 4.79 Å². The molecule has 0 unspecified atom stereocenters. The number of aryl methyl sites for hydroxylation is 1. The van der Waals surface area contributed by atoms with E-state index in [4.69, 9.17) is 0 Å². The second kappa shape index (κ2) is 6.03. The molecule has 0 saturated heterocycles. The van der Waals surface area contributed by atoms with E-state index in [0.717, 1.165) is 30.4 Å². The number of hydrogen-bond acceptors (Lipinski definition) is 1. The lowest BCUT2D eigenvalue weighted by molar-refractivity contribution is 0.105. The quantitative estimate of drug-likeness (QED) is 0.316. The van der Waals surface area contributed by atoms with Gasteiger partial charge in [-0.3, -0.25) is 4.79 Å². The van der Waals surface area contributed by atoms with Gasteiger partial charge in [0, 0.05) is 12.0 Å². The Balaban J connectivity index is 2.68. The first-order valence-corrected chi connectivity index (χ1v) is 5.34. The van der Waals surface area contributed by atoms with E-state index in [0.29, 0.717) is 0 Å². The zero-order valence-corrected chi connectivity index (χ0v) is 9.34. The molecule has 0 atom stereocenters. The van der Waals surface area contributed by atoms with Gasteiger partial charge in [-0.2, -0.15) is 0 Å². The molecule has 0 aliphatic heterocycles. The molecule has 0 heterocycles. The van der Waals surface area contributed by atoms with Crippen molar-refractivity contribution >= 4 is 5.78 Å². The fourth-order valence-electron chi connectivity index (χ4n) is 1.30. The van der Waals surface area contributed by atoms with Gasteiger partial charge in [-0.1, -0.05) is 43.5 Å². The van der Waals surface area contributed by atoms with Crippen LogP contribution in [-0.2, 0) is 0 Å². The van der Waals surface area contributed by atoms with Gasteiger partial charge in [-0.05, 0) is 24.8 Å². The summed E-state index contributed by atoms with van der Waals surface area (Å²) in [7, 11) is 0. The van der Waals surface area contributed by atoms with E-state index in [9.17, 15) is 4.79 Å². The largest absolute Gasteiger partial charge is 0.279 e. The minimum absolute atomic E-state index is 0.0656. The lowest BCUT2D eigenvalue weighted by atomic mass is 10.1. The van der Waals surface area contributed by atoms with E-state index in [1.54, 1.807) is 0 Å². The maximum Gasteiger partial charge on any atom is 0.236 e. The maximum absolute atomic E-state index is 11.7. The van der Waals surface area contributed by atoms with Crippen LogP contribution in [0.1, 0.15) is 42.1 Å². The number of ketones is 1. The van der Waals surface area contributed by atoms with Gasteiger partial charge in [0.15, 0.2) is 0 Å². The van der Waals surface area contributed by atoms with E-state index in [-0.39, 0.29) is 5.78 Å². The molecule has 0 N–H and O–H groups in total. The molecule has 0 aromatic heterocycles. The Bertz CT molecular complexity index is 393. The number of hydrogen-bond donors (Lipinski definition) is 0. The van der Waals surface area contributed by atoms with Crippen LogP contribution >= 0.6 is 0 Å². The van der Waals surface area contributed by atoms with Crippen LogP contribution in [0.5, 0.6) is 0 Å². The van der Waals surface area contributed by atoms with Gasteiger partial charge in [-0.25, -0.2) is 0 Å². The molecule has 0 saturated carbocycles. The molecular weight excluding hydrogens is 184 g/mol. The molecule has 0 spiro atoms. The van der Waals surface area contributed by atoms with Crippen molar-refractivity contribution in [1.29, 1.82) is 0 Å². The highest BCUT2D eigenvalue weighted by Crippen LogP contribution is 2.07. The van der Waals surface area contributed by atoms with E-state index in [1.807, 2.05) is 31.2 Å². The lowest BCUT2D eigenvalue weighted by Crippen LogP contribution is -1.97. The van der Waals surface area contributed by atoms with Crippen molar-refractivity contribution in [3.05, 3.63) is 35.4 Å². The summed E-state index contributed by atoms with van der Waals surface area (Å²) in [5.41, 5.74) is 1.72. The predicted octanol–water partition coefficient (Wildman–Crippen LogP) is 3.37. The minimum atomic E-state index is -0.0656. The van der Waals surface area contributed by atoms with Gasteiger partial charge in [0.05, 0.1) is 0 Å². The van der Waals surface area contributed by atoms with Gasteiger partial charge in [0.25, 0.3) is 0 Å². The van der Waals surface area contributed by atoms with Crippen molar-refractivity contribution in [3.63, 3.8) is 0 Å². The van der Waals surface area contributed by atoms with Crippen LogP contribution in [0.4, 0.5) is 0 Å². The molecule has 1 rings (SSSR count). The van der Waals surface area contributed by atoms with E-state index < -0.39 is 0 Å². The Morgan fingerprint density at radius 3 is 2.73 bits per heavy atom. The van der Waals surface area contributed by atoms with E-state index in [1.165, 1.54) is 0 Å². The second-order valence-electron chi connectivity index (χ2n) is 3.55. The third-order valence-corrected chi connectivity index (χ3v) is 2.25. The molecule has 0 bridgehead atoms. The van der Waals surface area contributed by atoms with Crippen LogP contribution < -0.4 is 0 Å². The summed E-state index contributed by atoms with van der Waals surface area (Å²) in [6.07, 6.45) is 3.00. The third-order valence-electron chi connectivity index (χ3n) is 2.25. The van der Waals surface area contributed by atoms with Crippen molar-refractivity contribution in [3.8, 4) is 11.8 Å². The normalized spacial score (nSPS) is 9.20. The lowest BCUT2D eigenvalue weighted by Gasteiger charge is -1.97. The van der Waals surface area contributed by atoms with Gasteiger partial charge in [0.1, 0.15) is 0 Å². The first-order valence-electron chi connectivity index (χ1n) is 5.34. The van der Waals surface area contributed by atoms with Gasteiger partial charge < -0.3 is 0 Å². The number of carbonyl (C=O) groups excluding carboxylic acids is 1. The fourth-order valence-corrected chi connectivity index (χ4v) is 1.30. The molecule has 0 radical (unpaired) electrons. The fraction of sp³-hybridized carbons (Fsp3) is 0.357. The van der Waals surface area contributed by atoms with Crippen molar-refractivity contribution in [2.24, 2.45) is 0 Å². The van der Waals surface area contributed by atoms with Crippen LogP contribution in [-0.4, -0.2) is 5.78 Å². The Morgan fingerprint density at radius 1 is 1.33 bits per heavy atom. The number of benzene rings is 1.